The van der Waals surface area contributed by atoms with Crippen molar-refractivity contribution in [3.63, 3.8) is 0 Å². The Labute approximate surface area is 137 Å². The maximum absolute atomic E-state index is 12.4. The fraction of sp³-hybridized carbons (Fsp3) is 0.190. The SMILES string of the molecule is CC1(C)C(=O)OC(/C=C/c2ccccc2)=CC1c1ccccc1. The summed E-state index contributed by atoms with van der Waals surface area (Å²) >= 11 is 0. The van der Waals surface area contributed by atoms with E-state index in [0.29, 0.717) is 5.76 Å². The molecule has 1 heterocycles. The standard InChI is InChI=1S/C21H20O2/c1-21(2)19(17-11-7-4-8-12-17)15-18(23-20(21)22)14-13-16-9-5-3-6-10-16/h3-15,19H,1-2H3/b14-13+. The molecule has 1 unspecified atom stereocenters. The smallest absolute Gasteiger partial charge is 0.317 e. The molecule has 0 N–H and O–H groups in total. The second-order valence-corrected chi connectivity index (χ2v) is 6.31. The number of cyclic esters (lactones) is 1. The molecule has 1 aliphatic rings. The van der Waals surface area contributed by atoms with E-state index in [0.717, 1.165) is 11.1 Å². The van der Waals surface area contributed by atoms with Crippen LogP contribution in [0.5, 0.6) is 0 Å². The van der Waals surface area contributed by atoms with Gasteiger partial charge in [0.05, 0.1) is 5.41 Å². The fourth-order valence-corrected chi connectivity index (χ4v) is 2.78. The molecule has 116 valence electrons. The average molecular weight is 304 g/mol. The molecule has 2 aromatic carbocycles. The summed E-state index contributed by atoms with van der Waals surface area (Å²) < 4.78 is 5.51. The van der Waals surface area contributed by atoms with Gasteiger partial charge in [0.2, 0.25) is 0 Å². The van der Waals surface area contributed by atoms with Gasteiger partial charge in [-0.3, -0.25) is 4.79 Å². The van der Waals surface area contributed by atoms with E-state index in [1.54, 1.807) is 0 Å². The molecule has 0 amide bonds. The van der Waals surface area contributed by atoms with Gasteiger partial charge in [0.25, 0.3) is 0 Å². The van der Waals surface area contributed by atoms with Crippen molar-refractivity contribution in [3.8, 4) is 0 Å². The number of hydrogen-bond acceptors (Lipinski definition) is 2. The Morgan fingerprint density at radius 1 is 0.913 bits per heavy atom. The first-order valence-electron chi connectivity index (χ1n) is 7.79. The van der Waals surface area contributed by atoms with Gasteiger partial charge in [-0.05, 0) is 37.1 Å². The zero-order valence-electron chi connectivity index (χ0n) is 13.4. The van der Waals surface area contributed by atoms with Crippen molar-refractivity contribution in [1.82, 2.24) is 0 Å². The van der Waals surface area contributed by atoms with E-state index in [4.69, 9.17) is 4.74 Å². The summed E-state index contributed by atoms with van der Waals surface area (Å²) in [4.78, 5) is 12.4. The molecule has 0 saturated heterocycles. The molecule has 3 rings (SSSR count). The molecule has 1 aliphatic heterocycles. The maximum Gasteiger partial charge on any atom is 0.317 e. The molecule has 2 aromatic rings. The Morgan fingerprint density at radius 3 is 2.17 bits per heavy atom. The van der Waals surface area contributed by atoms with Crippen molar-refractivity contribution in [2.45, 2.75) is 19.8 Å². The number of allylic oxidation sites excluding steroid dienone is 2. The van der Waals surface area contributed by atoms with Gasteiger partial charge in [-0.2, -0.15) is 0 Å². The van der Waals surface area contributed by atoms with Gasteiger partial charge >= 0.3 is 5.97 Å². The lowest BCUT2D eigenvalue weighted by Gasteiger charge is -2.34. The Hall–Kier alpha value is -2.61. The molecule has 0 spiro atoms. The summed E-state index contributed by atoms with van der Waals surface area (Å²) in [7, 11) is 0. The maximum atomic E-state index is 12.4. The van der Waals surface area contributed by atoms with E-state index in [-0.39, 0.29) is 11.9 Å². The summed E-state index contributed by atoms with van der Waals surface area (Å²) in [5.74, 6) is 0.411. The van der Waals surface area contributed by atoms with Crippen LogP contribution in [0.3, 0.4) is 0 Å². The number of esters is 1. The van der Waals surface area contributed by atoms with Gasteiger partial charge in [-0.15, -0.1) is 0 Å². The molecule has 23 heavy (non-hydrogen) atoms. The average Bonchev–Trinajstić information content (AvgIpc) is 2.57. The van der Waals surface area contributed by atoms with Gasteiger partial charge in [-0.1, -0.05) is 66.7 Å². The monoisotopic (exact) mass is 304 g/mol. The Kier molecular flexibility index (Phi) is 4.16. The second kappa shape index (κ2) is 6.25. The molecular weight excluding hydrogens is 284 g/mol. The largest absolute Gasteiger partial charge is 0.426 e. The van der Waals surface area contributed by atoms with Crippen LogP contribution in [0.25, 0.3) is 6.08 Å². The van der Waals surface area contributed by atoms with Crippen molar-refractivity contribution in [2.24, 2.45) is 5.41 Å². The van der Waals surface area contributed by atoms with Gasteiger partial charge in [0, 0.05) is 5.92 Å². The number of ether oxygens (including phenoxy) is 1. The van der Waals surface area contributed by atoms with E-state index in [1.165, 1.54) is 0 Å². The van der Waals surface area contributed by atoms with Crippen molar-refractivity contribution in [3.05, 3.63) is 89.7 Å². The van der Waals surface area contributed by atoms with E-state index < -0.39 is 5.41 Å². The molecule has 0 bridgehead atoms. The van der Waals surface area contributed by atoms with Crippen LogP contribution < -0.4 is 0 Å². The number of hydrogen-bond donors (Lipinski definition) is 0. The normalized spacial score (nSPS) is 20.2. The van der Waals surface area contributed by atoms with E-state index in [9.17, 15) is 4.79 Å². The molecular formula is C21H20O2. The third-order valence-corrected chi connectivity index (χ3v) is 4.24. The van der Waals surface area contributed by atoms with Crippen LogP contribution in [-0.4, -0.2) is 5.97 Å². The highest BCUT2D eigenvalue weighted by molar-refractivity contribution is 5.81. The molecule has 0 saturated carbocycles. The minimum absolute atomic E-state index is 0.000346. The van der Waals surface area contributed by atoms with Crippen molar-refractivity contribution >= 4 is 12.0 Å². The van der Waals surface area contributed by atoms with Crippen LogP contribution in [0.4, 0.5) is 0 Å². The zero-order chi connectivity index (χ0) is 16.3. The van der Waals surface area contributed by atoms with Crippen LogP contribution in [0.1, 0.15) is 30.9 Å². The second-order valence-electron chi connectivity index (χ2n) is 6.31. The predicted octanol–water partition coefficient (Wildman–Crippen LogP) is 4.95. The van der Waals surface area contributed by atoms with Crippen molar-refractivity contribution < 1.29 is 9.53 Å². The molecule has 0 aromatic heterocycles. The Balaban J connectivity index is 1.93. The van der Waals surface area contributed by atoms with Crippen molar-refractivity contribution in [2.75, 3.05) is 0 Å². The first-order chi connectivity index (χ1) is 11.1. The van der Waals surface area contributed by atoms with Gasteiger partial charge < -0.3 is 4.74 Å². The van der Waals surface area contributed by atoms with Crippen LogP contribution in [0, 0.1) is 5.41 Å². The number of carbonyl (C=O) groups is 1. The third kappa shape index (κ3) is 3.26. The molecule has 1 atom stereocenters. The van der Waals surface area contributed by atoms with Crippen LogP contribution >= 0.6 is 0 Å². The first kappa shape index (κ1) is 15.3. The molecule has 0 fully saturated rings. The third-order valence-electron chi connectivity index (χ3n) is 4.24. The lowest BCUT2D eigenvalue weighted by atomic mass is 9.73. The van der Waals surface area contributed by atoms with Crippen LogP contribution in [0.2, 0.25) is 0 Å². The van der Waals surface area contributed by atoms with Gasteiger partial charge in [0.15, 0.2) is 0 Å². The lowest BCUT2D eigenvalue weighted by molar-refractivity contribution is -0.151. The van der Waals surface area contributed by atoms with Crippen LogP contribution in [-0.2, 0) is 9.53 Å². The molecule has 2 heteroatoms. The fourth-order valence-electron chi connectivity index (χ4n) is 2.78. The summed E-state index contributed by atoms with van der Waals surface area (Å²) in [6.45, 7) is 3.86. The molecule has 0 aliphatic carbocycles. The minimum atomic E-state index is -0.578. The highest BCUT2D eigenvalue weighted by atomic mass is 16.5. The summed E-state index contributed by atoms with van der Waals surface area (Å²) in [5.41, 5.74) is 1.62. The Bertz CT molecular complexity index is 740. The van der Waals surface area contributed by atoms with E-state index >= 15 is 0 Å². The quantitative estimate of drug-likeness (QED) is 0.750. The van der Waals surface area contributed by atoms with Gasteiger partial charge in [0.1, 0.15) is 5.76 Å². The molecule has 0 radical (unpaired) electrons. The summed E-state index contributed by atoms with van der Waals surface area (Å²) in [5, 5.41) is 0. The Morgan fingerprint density at radius 2 is 1.52 bits per heavy atom. The first-order valence-corrected chi connectivity index (χ1v) is 7.79. The van der Waals surface area contributed by atoms with Crippen LogP contribution in [0.15, 0.2) is 78.6 Å². The van der Waals surface area contributed by atoms with E-state index in [2.05, 4.69) is 12.1 Å². The lowest BCUT2D eigenvalue weighted by Crippen LogP contribution is -2.35. The summed E-state index contributed by atoms with van der Waals surface area (Å²) in [6.07, 6.45) is 5.86. The topological polar surface area (TPSA) is 26.3 Å². The van der Waals surface area contributed by atoms with Gasteiger partial charge in [-0.25, -0.2) is 0 Å². The highest BCUT2D eigenvalue weighted by Gasteiger charge is 2.41. The number of carbonyl (C=O) groups excluding carboxylic acids is 1. The highest BCUT2D eigenvalue weighted by Crippen LogP contribution is 2.42. The summed E-state index contributed by atoms with van der Waals surface area (Å²) in [6, 6.07) is 20.1. The zero-order valence-corrected chi connectivity index (χ0v) is 13.4. The number of rotatable bonds is 3. The minimum Gasteiger partial charge on any atom is -0.426 e. The predicted molar refractivity (Wildman–Crippen MR) is 92.6 cm³/mol. The van der Waals surface area contributed by atoms with E-state index in [1.807, 2.05) is 80.6 Å². The van der Waals surface area contributed by atoms with Crippen molar-refractivity contribution in [1.29, 1.82) is 0 Å². The molecule has 2 nitrogen and oxygen atoms in total. The number of benzene rings is 2.